The lowest BCUT2D eigenvalue weighted by molar-refractivity contribution is 0.0956. The number of ether oxygens (including phenoxy) is 1. The molecule has 0 aromatic heterocycles. The van der Waals surface area contributed by atoms with Crippen LogP contribution in [-0.4, -0.2) is 64.2 Å². The van der Waals surface area contributed by atoms with Crippen molar-refractivity contribution < 1.29 is 17.9 Å². The summed E-state index contributed by atoms with van der Waals surface area (Å²) in [6, 6.07) is 13.3. The molecule has 8 heteroatoms. The van der Waals surface area contributed by atoms with Crippen LogP contribution in [-0.2, 0) is 10.0 Å². The summed E-state index contributed by atoms with van der Waals surface area (Å²) in [4.78, 5) is 14.5. The van der Waals surface area contributed by atoms with Crippen molar-refractivity contribution in [2.24, 2.45) is 0 Å². The first-order valence-corrected chi connectivity index (χ1v) is 11.6. The molecule has 1 N–H and O–H groups in total. The van der Waals surface area contributed by atoms with Crippen LogP contribution in [0.2, 0.25) is 0 Å². The molecule has 162 valence electrons. The van der Waals surface area contributed by atoms with Gasteiger partial charge in [0.05, 0.1) is 18.6 Å². The Kier molecular flexibility index (Phi) is 6.99. The topological polar surface area (TPSA) is 79.0 Å². The molecule has 1 aliphatic rings. The van der Waals surface area contributed by atoms with Crippen molar-refractivity contribution >= 4 is 21.6 Å². The van der Waals surface area contributed by atoms with Crippen LogP contribution < -0.4 is 15.0 Å². The predicted molar refractivity (Wildman–Crippen MR) is 119 cm³/mol. The quantitative estimate of drug-likeness (QED) is 0.727. The SMILES string of the molecule is COc1ccccc1N1CCN(S(=O)(=O)CCNC(=O)c2cc(C)cc(C)c2)CC1. The number of methoxy groups -OCH3 is 1. The number of rotatable bonds is 7. The molecule has 2 aromatic rings. The minimum Gasteiger partial charge on any atom is -0.495 e. The van der Waals surface area contributed by atoms with Crippen LogP contribution >= 0.6 is 0 Å². The zero-order valence-electron chi connectivity index (χ0n) is 17.7. The fourth-order valence-corrected chi connectivity index (χ4v) is 5.07. The number of hydrogen-bond acceptors (Lipinski definition) is 5. The Morgan fingerprint density at radius 1 is 1.03 bits per heavy atom. The molecular weight excluding hydrogens is 402 g/mol. The highest BCUT2D eigenvalue weighted by atomic mass is 32.2. The van der Waals surface area contributed by atoms with Crippen molar-refractivity contribution in [1.82, 2.24) is 9.62 Å². The highest BCUT2D eigenvalue weighted by molar-refractivity contribution is 7.89. The number of aryl methyl sites for hydroxylation is 2. The van der Waals surface area contributed by atoms with E-state index in [0.717, 1.165) is 22.6 Å². The van der Waals surface area contributed by atoms with Crippen molar-refractivity contribution in [2.75, 3.05) is 50.5 Å². The molecule has 7 nitrogen and oxygen atoms in total. The van der Waals surface area contributed by atoms with Gasteiger partial charge in [0.25, 0.3) is 5.91 Å². The summed E-state index contributed by atoms with van der Waals surface area (Å²) in [5.41, 5.74) is 3.52. The van der Waals surface area contributed by atoms with Crippen molar-refractivity contribution in [3.63, 3.8) is 0 Å². The molecule has 0 saturated carbocycles. The summed E-state index contributed by atoms with van der Waals surface area (Å²) in [6.07, 6.45) is 0. The van der Waals surface area contributed by atoms with Gasteiger partial charge in [-0.3, -0.25) is 4.79 Å². The minimum atomic E-state index is -3.44. The van der Waals surface area contributed by atoms with E-state index in [0.29, 0.717) is 31.7 Å². The Labute approximate surface area is 178 Å². The predicted octanol–water partition coefficient (Wildman–Crippen LogP) is 2.19. The van der Waals surface area contributed by atoms with Crippen LogP contribution in [0.5, 0.6) is 5.75 Å². The van der Waals surface area contributed by atoms with Gasteiger partial charge in [0.2, 0.25) is 10.0 Å². The first-order valence-electron chi connectivity index (χ1n) is 10.0. The van der Waals surface area contributed by atoms with E-state index < -0.39 is 10.0 Å². The number of carbonyl (C=O) groups is 1. The Morgan fingerprint density at radius 3 is 2.30 bits per heavy atom. The van der Waals surface area contributed by atoms with Gasteiger partial charge >= 0.3 is 0 Å². The lowest BCUT2D eigenvalue weighted by Crippen LogP contribution is -2.50. The average Bonchev–Trinajstić information content (AvgIpc) is 2.73. The van der Waals surface area contributed by atoms with Gasteiger partial charge in [-0.25, -0.2) is 8.42 Å². The lowest BCUT2D eigenvalue weighted by Gasteiger charge is -2.36. The zero-order valence-corrected chi connectivity index (χ0v) is 18.5. The van der Waals surface area contributed by atoms with Crippen molar-refractivity contribution in [1.29, 1.82) is 0 Å². The van der Waals surface area contributed by atoms with Gasteiger partial charge in [-0.1, -0.05) is 29.3 Å². The summed E-state index contributed by atoms with van der Waals surface area (Å²) >= 11 is 0. The number of para-hydroxylation sites is 2. The van der Waals surface area contributed by atoms with E-state index in [1.54, 1.807) is 19.2 Å². The number of carbonyl (C=O) groups excluding carboxylic acids is 1. The van der Waals surface area contributed by atoms with Gasteiger partial charge in [0, 0.05) is 38.3 Å². The summed E-state index contributed by atoms with van der Waals surface area (Å²) in [5.74, 6) is 0.416. The molecule has 0 atom stereocenters. The Bertz CT molecular complexity index is 979. The molecule has 1 fully saturated rings. The lowest BCUT2D eigenvalue weighted by atomic mass is 10.1. The van der Waals surface area contributed by atoms with E-state index in [-0.39, 0.29) is 18.2 Å². The van der Waals surface area contributed by atoms with Crippen molar-refractivity contribution in [3.05, 3.63) is 59.2 Å². The molecule has 30 heavy (non-hydrogen) atoms. The second-order valence-corrected chi connectivity index (χ2v) is 9.59. The molecule has 0 aliphatic carbocycles. The van der Waals surface area contributed by atoms with Crippen LogP contribution in [0.15, 0.2) is 42.5 Å². The van der Waals surface area contributed by atoms with Crippen LogP contribution in [0.25, 0.3) is 0 Å². The Hall–Kier alpha value is -2.58. The molecule has 0 unspecified atom stereocenters. The van der Waals surface area contributed by atoms with E-state index in [1.165, 1.54) is 4.31 Å². The maximum absolute atomic E-state index is 12.7. The summed E-state index contributed by atoms with van der Waals surface area (Å²) in [5, 5.41) is 2.73. The number of nitrogens with zero attached hydrogens (tertiary/aromatic N) is 2. The maximum atomic E-state index is 12.7. The van der Waals surface area contributed by atoms with Gasteiger partial charge in [-0.2, -0.15) is 4.31 Å². The molecule has 0 radical (unpaired) electrons. The Morgan fingerprint density at radius 2 is 1.67 bits per heavy atom. The van der Waals surface area contributed by atoms with Crippen LogP contribution in [0, 0.1) is 13.8 Å². The van der Waals surface area contributed by atoms with Gasteiger partial charge < -0.3 is 15.0 Å². The monoisotopic (exact) mass is 431 g/mol. The molecule has 1 aliphatic heterocycles. The van der Waals surface area contributed by atoms with Crippen LogP contribution in [0.4, 0.5) is 5.69 Å². The number of benzene rings is 2. The minimum absolute atomic E-state index is 0.0842. The number of amides is 1. The van der Waals surface area contributed by atoms with Crippen LogP contribution in [0.3, 0.4) is 0 Å². The molecule has 0 spiro atoms. The average molecular weight is 432 g/mol. The van der Waals surface area contributed by atoms with Gasteiger partial charge in [-0.15, -0.1) is 0 Å². The van der Waals surface area contributed by atoms with E-state index in [1.807, 2.05) is 44.2 Å². The van der Waals surface area contributed by atoms with Crippen molar-refractivity contribution in [2.45, 2.75) is 13.8 Å². The van der Waals surface area contributed by atoms with E-state index in [4.69, 9.17) is 4.74 Å². The second kappa shape index (κ2) is 9.49. The third kappa shape index (κ3) is 5.31. The maximum Gasteiger partial charge on any atom is 0.251 e. The fraction of sp³-hybridized carbons (Fsp3) is 0.409. The third-order valence-corrected chi connectivity index (χ3v) is 7.06. The third-order valence-electron chi connectivity index (χ3n) is 5.19. The fourth-order valence-electron chi connectivity index (χ4n) is 3.73. The normalized spacial score (nSPS) is 15.1. The largest absolute Gasteiger partial charge is 0.495 e. The van der Waals surface area contributed by atoms with E-state index in [2.05, 4.69) is 10.2 Å². The smallest absolute Gasteiger partial charge is 0.251 e. The molecule has 1 amide bonds. The van der Waals surface area contributed by atoms with Crippen molar-refractivity contribution in [3.8, 4) is 5.75 Å². The number of piperazine rings is 1. The zero-order chi connectivity index (χ0) is 21.7. The molecule has 1 saturated heterocycles. The first-order chi connectivity index (χ1) is 14.3. The number of anilines is 1. The van der Waals surface area contributed by atoms with Crippen LogP contribution in [0.1, 0.15) is 21.5 Å². The molecule has 3 rings (SSSR count). The number of sulfonamides is 1. The molecule has 1 heterocycles. The molecule has 2 aromatic carbocycles. The number of hydrogen-bond donors (Lipinski definition) is 1. The number of nitrogens with one attached hydrogen (secondary N) is 1. The summed E-state index contributed by atoms with van der Waals surface area (Å²) in [6.45, 7) is 5.94. The van der Waals surface area contributed by atoms with E-state index >= 15 is 0 Å². The van der Waals surface area contributed by atoms with Gasteiger partial charge in [0.15, 0.2) is 0 Å². The van der Waals surface area contributed by atoms with Gasteiger partial charge in [0.1, 0.15) is 5.75 Å². The standard InChI is InChI=1S/C22H29N3O4S/c1-17-14-18(2)16-19(15-17)22(26)23-8-13-30(27,28)25-11-9-24(10-12-25)20-6-4-5-7-21(20)29-3/h4-7,14-16H,8-13H2,1-3H3,(H,23,26). The molecule has 0 bridgehead atoms. The van der Waals surface area contributed by atoms with E-state index in [9.17, 15) is 13.2 Å². The second-order valence-electron chi connectivity index (χ2n) is 7.51. The molecular formula is C22H29N3O4S. The Balaban J connectivity index is 1.52. The highest BCUT2D eigenvalue weighted by Crippen LogP contribution is 2.28. The summed E-state index contributed by atoms with van der Waals surface area (Å²) < 4.78 is 32.3. The van der Waals surface area contributed by atoms with Gasteiger partial charge in [-0.05, 0) is 38.1 Å². The summed E-state index contributed by atoms with van der Waals surface area (Å²) in [7, 11) is -1.81. The highest BCUT2D eigenvalue weighted by Gasteiger charge is 2.27. The first kappa shape index (κ1) is 22.1.